The Morgan fingerprint density at radius 2 is 1.06 bits per heavy atom. The molecule has 0 aliphatic rings. The van der Waals surface area contributed by atoms with E-state index < -0.39 is 6.10 Å². The van der Waals surface area contributed by atoms with E-state index in [9.17, 15) is 13.9 Å². The molecule has 0 saturated heterocycles. The van der Waals surface area contributed by atoms with Gasteiger partial charge in [0.05, 0.1) is 18.8 Å². The highest BCUT2D eigenvalue weighted by Crippen LogP contribution is 2.30. The number of benzene rings is 3. The van der Waals surface area contributed by atoms with E-state index in [-0.39, 0.29) is 29.6 Å². The molecule has 0 spiro atoms. The highest BCUT2D eigenvalue weighted by atomic mass is 19.1. The number of halogens is 2. The Morgan fingerprint density at radius 3 is 1.46 bits per heavy atom. The fourth-order valence-electron chi connectivity index (χ4n) is 4.69. The van der Waals surface area contributed by atoms with Gasteiger partial charge < -0.3 is 9.84 Å². The smallest absolute Gasteiger partial charge is 0.123 e. The van der Waals surface area contributed by atoms with Crippen LogP contribution in [0.15, 0.2) is 78.9 Å². The molecule has 0 heterocycles. The van der Waals surface area contributed by atoms with Gasteiger partial charge in [0.25, 0.3) is 0 Å². The molecule has 0 aliphatic carbocycles. The summed E-state index contributed by atoms with van der Waals surface area (Å²) >= 11 is 0. The lowest BCUT2D eigenvalue weighted by Crippen LogP contribution is -2.23. The Bertz CT molecular complexity index is 959. The van der Waals surface area contributed by atoms with Crippen LogP contribution in [-0.4, -0.2) is 17.3 Å². The van der Waals surface area contributed by atoms with Gasteiger partial charge in [-0.1, -0.05) is 82.3 Å². The van der Waals surface area contributed by atoms with E-state index in [0.717, 1.165) is 11.1 Å². The van der Waals surface area contributed by atoms with Crippen LogP contribution in [0.4, 0.5) is 8.78 Å². The molecule has 0 bridgehead atoms. The average Bonchev–Trinajstić information content (AvgIpc) is 2.81. The van der Waals surface area contributed by atoms with Crippen molar-refractivity contribution in [1.82, 2.24) is 0 Å². The van der Waals surface area contributed by atoms with E-state index in [4.69, 9.17) is 4.74 Å². The van der Waals surface area contributed by atoms with Crippen LogP contribution in [0.1, 0.15) is 70.1 Å². The molecule has 190 valence electrons. The third-order valence-corrected chi connectivity index (χ3v) is 6.33. The Balaban J connectivity index is 0.000000269. The molecule has 2 nitrogen and oxygen atoms in total. The molecule has 0 fully saturated rings. The minimum absolute atomic E-state index is 0.0793. The van der Waals surface area contributed by atoms with Gasteiger partial charge in [0.15, 0.2) is 0 Å². The second-order valence-electron chi connectivity index (χ2n) is 9.89. The monoisotopic (exact) mass is 482 g/mol. The molecule has 0 saturated carbocycles. The van der Waals surface area contributed by atoms with Crippen molar-refractivity contribution in [2.45, 2.75) is 72.2 Å². The third-order valence-electron chi connectivity index (χ3n) is 6.33. The second-order valence-corrected chi connectivity index (χ2v) is 9.89. The number of aliphatic hydroxyl groups is 1. The molecule has 3 rings (SSSR count). The molecule has 0 amide bonds. The molecule has 35 heavy (non-hydrogen) atoms. The summed E-state index contributed by atoms with van der Waals surface area (Å²) in [5.41, 5.74) is 3.30. The quantitative estimate of drug-likeness (QED) is 0.334. The topological polar surface area (TPSA) is 29.5 Å². The predicted molar refractivity (Wildman–Crippen MR) is 140 cm³/mol. The summed E-state index contributed by atoms with van der Waals surface area (Å²) < 4.78 is 31.8. The van der Waals surface area contributed by atoms with Crippen LogP contribution in [0.3, 0.4) is 0 Å². The molecule has 3 aromatic rings. The van der Waals surface area contributed by atoms with Crippen LogP contribution in [0.5, 0.6) is 0 Å². The number of hydrogen-bond acceptors (Lipinski definition) is 2. The lowest BCUT2D eigenvalue weighted by Gasteiger charge is -2.28. The summed E-state index contributed by atoms with van der Waals surface area (Å²) in [5, 5.41) is 9.61. The molecular formula is C31H40F2O2. The van der Waals surface area contributed by atoms with Gasteiger partial charge in [-0.25, -0.2) is 8.78 Å². The molecule has 3 aromatic carbocycles. The van der Waals surface area contributed by atoms with Gasteiger partial charge in [0, 0.05) is 11.8 Å². The van der Waals surface area contributed by atoms with E-state index in [1.807, 2.05) is 30.3 Å². The Morgan fingerprint density at radius 1 is 0.629 bits per heavy atom. The second kappa shape index (κ2) is 14.1. The van der Waals surface area contributed by atoms with Gasteiger partial charge in [-0.05, 0) is 66.6 Å². The van der Waals surface area contributed by atoms with Crippen molar-refractivity contribution < 1.29 is 18.6 Å². The Labute approximate surface area is 210 Å². The van der Waals surface area contributed by atoms with Gasteiger partial charge in [0.2, 0.25) is 0 Å². The summed E-state index contributed by atoms with van der Waals surface area (Å²) in [6, 6.07) is 23.3. The number of rotatable bonds is 9. The highest BCUT2D eigenvalue weighted by molar-refractivity contribution is 5.23. The Kier molecular flexibility index (Phi) is 11.6. The SMILES string of the molecule is CC(C)[C@@H](c1ccc(F)cc1)[C@H](C)O.CC(C)[C@@H](c1ccc(F)cc1)[C@H](C)OCc1ccccc1. The molecule has 4 atom stereocenters. The van der Waals surface area contributed by atoms with E-state index in [1.165, 1.54) is 29.8 Å². The van der Waals surface area contributed by atoms with Crippen molar-refractivity contribution in [3.63, 3.8) is 0 Å². The fourth-order valence-corrected chi connectivity index (χ4v) is 4.69. The van der Waals surface area contributed by atoms with Crippen molar-refractivity contribution in [2.75, 3.05) is 0 Å². The van der Waals surface area contributed by atoms with Crippen LogP contribution in [0.25, 0.3) is 0 Å². The molecule has 0 aliphatic heterocycles. The Hall–Kier alpha value is -2.56. The average molecular weight is 483 g/mol. The zero-order valence-electron chi connectivity index (χ0n) is 21.8. The lowest BCUT2D eigenvalue weighted by atomic mass is 9.84. The third kappa shape index (κ3) is 9.19. The van der Waals surface area contributed by atoms with Crippen molar-refractivity contribution in [1.29, 1.82) is 0 Å². The van der Waals surface area contributed by atoms with Gasteiger partial charge in [-0.2, -0.15) is 0 Å². The lowest BCUT2D eigenvalue weighted by molar-refractivity contribution is 0.0239. The van der Waals surface area contributed by atoms with E-state index in [0.29, 0.717) is 18.4 Å². The van der Waals surface area contributed by atoms with Crippen LogP contribution in [0, 0.1) is 23.5 Å². The largest absolute Gasteiger partial charge is 0.393 e. The first-order chi connectivity index (χ1) is 16.6. The summed E-state index contributed by atoms with van der Waals surface area (Å²) in [7, 11) is 0. The maximum absolute atomic E-state index is 13.1. The minimum Gasteiger partial charge on any atom is -0.393 e. The van der Waals surface area contributed by atoms with E-state index >= 15 is 0 Å². The van der Waals surface area contributed by atoms with Gasteiger partial charge >= 0.3 is 0 Å². The first-order valence-electron chi connectivity index (χ1n) is 12.4. The molecule has 0 aromatic heterocycles. The zero-order valence-corrected chi connectivity index (χ0v) is 21.8. The first kappa shape index (κ1) is 28.7. The van der Waals surface area contributed by atoms with E-state index in [1.54, 1.807) is 19.1 Å². The zero-order chi connectivity index (χ0) is 26.0. The van der Waals surface area contributed by atoms with Crippen LogP contribution >= 0.6 is 0 Å². The predicted octanol–water partition coefficient (Wildman–Crippen LogP) is 8.12. The number of ether oxygens (including phenoxy) is 1. The van der Waals surface area contributed by atoms with Crippen molar-refractivity contribution >= 4 is 0 Å². The van der Waals surface area contributed by atoms with Gasteiger partial charge in [0.1, 0.15) is 11.6 Å². The fraction of sp³-hybridized carbons (Fsp3) is 0.419. The molecule has 0 radical (unpaired) electrons. The van der Waals surface area contributed by atoms with Gasteiger partial charge in [-0.15, -0.1) is 0 Å². The standard InChI is InChI=1S/C19H23FO.C12H17FO/c1-14(2)19(17-9-11-18(20)12-10-17)15(3)21-13-16-7-5-4-6-8-16;1-8(2)12(9(3)14)10-4-6-11(13)7-5-10/h4-12,14-15,19H,13H2,1-3H3;4-9,12,14H,1-3H3/t15-,19+;9-,12+/m00/s1. The number of aliphatic hydroxyl groups excluding tert-OH is 1. The molecule has 1 N–H and O–H groups in total. The maximum Gasteiger partial charge on any atom is 0.123 e. The van der Waals surface area contributed by atoms with Crippen molar-refractivity contribution in [3.05, 3.63) is 107 Å². The molecule has 4 heteroatoms. The normalized spacial score (nSPS) is 14.7. The summed E-state index contributed by atoms with van der Waals surface area (Å²) in [5.74, 6) is 0.688. The number of hydrogen-bond donors (Lipinski definition) is 1. The van der Waals surface area contributed by atoms with Crippen LogP contribution < -0.4 is 0 Å². The van der Waals surface area contributed by atoms with Gasteiger partial charge in [-0.3, -0.25) is 0 Å². The van der Waals surface area contributed by atoms with Crippen LogP contribution in [-0.2, 0) is 11.3 Å². The summed E-state index contributed by atoms with van der Waals surface area (Å²) in [6.07, 6.45) is -0.323. The summed E-state index contributed by atoms with van der Waals surface area (Å²) in [4.78, 5) is 0. The first-order valence-corrected chi connectivity index (χ1v) is 12.4. The van der Waals surface area contributed by atoms with Crippen molar-refractivity contribution in [2.24, 2.45) is 11.8 Å². The van der Waals surface area contributed by atoms with E-state index in [2.05, 4.69) is 46.8 Å². The molecule has 0 unspecified atom stereocenters. The van der Waals surface area contributed by atoms with Crippen molar-refractivity contribution in [3.8, 4) is 0 Å². The minimum atomic E-state index is -0.402. The molecular weight excluding hydrogens is 442 g/mol. The maximum atomic E-state index is 13.1. The highest BCUT2D eigenvalue weighted by Gasteiger charge is 2.23. The summed E-state index contributed by atoms with van der Waals surface area (Å²) in [6.45, 7) is 12.9. The van der Waals surface area contributed by atoms with Crippen LogP contribution in [0.2, 0.25) is 0 Å².